The van der Waals surface area contributed by atoms with Crippen LogP contribution >= 0.6 is 0 Å². The van der Waals surface area contributed by atoms with Gasteiger partial charge in [-0.3, -0.25) is 4.79 Å². The molecule has 0 spiro atoms. The molecule has 6 rings (SSSR count). The average molecular weight is 872 g/mol. The molecule has 8 N–H and O–H groups in total. The van der Waals surface area contributed by atoms with E-state index < -0.39 is 103 Å². The van der Waals surface area contributed by atoms with E-state index in [2.05, 4.69) is 25.7 Å². The van der Waals surface area contributed by atoms with E-state index >= 15 is 0 Å². The zero-order valence-electron chi connectivity index (χ0n) is 37.8. The highest BCUT2D eigenvalue weighted by Gasteiger charge is 2.62. The Morgan fingerprint density at radius 2 is 1.39 bits per heavy atom. The second-order valence-electron chi connectivity index (χ2n) is 20.9. The highest BCUT2D eigenvalue weighted by atomic mass is 16.7. The molecule has 6 fully saturated rings. The first-order valence-electron chi connectivity index (χ1n) is 22.5. The van der Waals surface area contributed by atoms with E-state index in [1.54, 1.807) is 0 Å². The smallest absolute Gasteiger partial charge is 0.217 e. The minimum atomic E-state index is -1.52. The highest BCUT2D eigenvalue weighted by Crippen LogP contribution is 2.66. The van der Waals surface area contributed by atoms with Crippen LogP contribution in [0.5, 0.6) is 0 Å². The van der Waals surface area contributed by atoms with Crippen LogP contribution in [0.2, 0.25) is 0 Å². The van der Waals surface area contributed by atoms with Crippen LogP contribution in [0.4, 0.5) is 0 Å². The zero-order valence-corrected chi connectivity index (χ0v) is 37.8. The molecule has 352 valence electrons. The predicted molar refractivity (Wildman–Crippen MR) is 221 cm³/mol. The van der Waals surface area contributed by atoms with Crippen molar-refractivity contribution in [3.8, 4) is 0 Å². The minimum absolute atomic E-state index is 0.000821. The van der Waals surface area contributed by atoms with E-state index in [0.717, 1.165) is 44.1 Å². The fourth-order valence-electron chi connectivity index (χ4n) is 12.1. The maximum Gasteiger partial charge on any atom is 0.217 e. The van der Waals surface area contributed by atoms with Gasteiger partial charge in [-0.1, -0.05) is 26.0 Å². The van der Waals surface area contributed by atoms with Crippen molar-refractivity contribution in [3.05, 3.63) is 12.2 Å². The lowest BCUT2D eigenvalue weighted by molar-refractivity contribution is -0.341. The van der Waals surface area contributed by atoms with E-state index in [1.165, 1.54) is 14.0 Å². The molecule has 16 heteroatoms. The molecular weight excluding hydrogens is 794 g/mol. The highest BCUT2D eigenvalue weighted by molar-refractivity contribution is 5.73. The molecule has 6 aliphatic rings. The minimum Gasteiger partial charge on any atom is -0.394 e. The van der Waals surface area contributed by atoms with Crippen molar-refractivity contribution >= 4 is 5.91 Å². The number of rotatable bonds is 15. The molecule has 61 heavy (non-hydrogen) atoms. The number of methoxy groups -OCH3 is 1. The molecule has 0 radical (unpaired) electrons. The molecule has 4 saturated heterocycles. The van der Waals surface area contributed by atoms with Gasteiger partial charge >= 0.3 is 0 Å². The Bertz CT molecular complexity index is 1530. The Kier molecular flexibility index (Phi) is 14.9. The number of carbonyl (C=O) groups excluding carboxylic acids is 1. The molecule has 2 saturated carbocycles. The molecule has 0 aromatic rings. The third kappa shape index (κ3) is 9.51. The van der Waals surface area contributed by atoms with Gasteiger partial charge in [0.25, 0.3) is 0 Å². The predicted octanol–water partition coefficient (Wildman–Crippen LogP) is 1.99. The fraction of sp³-hybridized carbons (Fsp3) is 0.933. The van der Waals surface area contributed by atoms with Gasteiger partial charge in [-0.25, -0.2) is 0 Å². The Labute approximate surface area is 361 Å². The van der Waals surface area contributed by atoms with Gasteiger partial charge in [0.15, 0.2) is 12.6 Å². The molecule has 4 aliphatic heterocycles. The zero-order chi connectivity index (χ0) is 45.0. The summed E-state index contributed by atoms with van der Waals surface area (Å²) in [7, 11) is 1.47. The lowest BCUT2D eigenvalue weighted by Crippen LogP contribution is -2.66. The van der Waals surface area contributed by atoms with E-state index in [4.69, 9.17) is 33.2 Å². The second kappa shape index (κ2) is 18.5. The first-order valence-corrected chi connectivity index (χ1v) is 22.5. The van der Waals surface area contributed by atoms with Gasteiger partial charge in [-0.2, -0.15) is 0 Å². The van der Waals surface area contributed by atoms with Crippen molar-refractivity contribution < 1.29 is 73.7 Å². The maximum absolute atomic E-state index is 12.0. The first kappa shape index (κ1) is 49.1. The van der Waals surface area contributed by atoms with Crippen LogP contribution in [0.15, 0.2) is 12.2 Å². The van der Waals surface area contributed by atoms with E-state index in [9.17, 15) is 40.5 Å². The SMILES string of the molecule is C=C(CCC(O)C1(C)CCC(C(C)(C)O[C@@H]2O[C@H](COC)[C@@H](O)[C@H](O)[C@@H]2NC(C)=O)O1)C1CCC2C3(C)CCC(C(C)(C)O[C@@H]4O[C@H](CO)[C@@H](O)[C@H](O)[C@@H]4O)OC3CCC12C. The fourth-order valence-corrected chi connectivity index (χ4v) is 12.1. The van der Waals surface area contributed by atoms with E-state index in [-0.39, 0.29) is 29.6 Å². The van der Waals surface area contributed by atoms with Gasteiger partial charge in [0.1, 0.15) is 48.8 Å². The van der Waals surface area contributed by atoms with Gasteiger partial charge in [-0.05, 0) is 121 Å². The number of ether oxygens (including phenoxy) is 7. The van der Waals surface area contributed by atoms with Crippen molar-refractivity contribution in [2.75, 3.05) is 20.3 Å². The number of hydrogen-bond donors (Lipinski definition) is 8. The van der Waals surface area contributed by atoms with Crippen LogP contribution in [0.1, 0.15) is 120 Å². The number of aliphatic hydroxyl groups excluding tert-OH is 7. The van der Waals surface area contributed by atoms with Crippen LogP contribution in [-0.4, -0.2) is 165 Å². The number of allylic oxidation sites excluding steroid dienone is 1. The molecule has 16 nitrogen and oxygen atoms in total. The summed E-state index contributed by atoms with van der Waals surface area (Å²) < 4.78 is 43.2. The summed E-state index contributed by atoms with van der Waals surface area (Å²) >= 11 is 0. The number of hydrogen-bond acceptors (Lipinski definition) is 15. The molecule has 0 bridgehead atoms. The monoisotopic (exact) mass is 872 g/mol. The summed E-state index contributed by atoms with van der Waals surface area (Å²) in [4.78, 5) is 12.0. The number of carbonyl (C=O) groups is 1. The van der Waals surface area contributed by atoms with Crippen LogP contribution in [0.3, 0.4) is 0 Å². The Morgan fingerprint density at radius 1 is 0.787 bits per heavy atom. The van der Waals surface area contributed by atoms with Crippen LogP contribution in [0.25, 0.3) is 0 Å². The van der Waals surface area contributed by atoms with Crippen LogP contribution in [-0.2, 0) is 38.0 Å². The van der Waals surface area contributed by atoms with Gasteiger partial charge in [0, 0.05) is 14.0 Å². The van der Waals surface area contributed by atoms with Gasteiger partial charge in [0.2, 0.25) is 5.91 Å². The molecule has 0 aromatic heterocycles. The lowest BCUT2D eigenvalue weighted by Gasteiger charge is -2.59. The van der Waals surface area contributed by atoms with Crippen molar-refractivity contribution in [3.63, 3.8) is 0 Å². The largest absolute Gasteiger partial charge is 0.394 e. The van der Waals surface area contributed by atoms with Crippen LogP contribution in [0, 0.1) is 22.7 Å². The molecule has 19 atom stereocenters. The average Bonchev–Trinajstić information content (AvgIpc) is 3.79. The topological polar surface area (TPSA) is 235 Å². The number of aliphatic hydroxyl groups is 7. The molecule has 1 amide bonds. The third-order valence-electron chi connectivity index (χ3n) is 16.0. The quantitative estimate of drug-likeness (QED) is 0.110. The third-order valence-corrected chi connectivity index (χ3v) is 16.0. The summed E-state index contributed by atoms with van der Waals surface area (Å²) in [5.74, 6) is 0.301. The number of fused-ring (bicyclic) bond motifs is 3. The van der Waals surface area contributed by atoms with E-state index in [1.807, 2.05) is 34.6 Å². The summed E-state index contributed by atoms with van der Waals surface area (Å²) in [5, 5.41) is 76.9. The summed E-state index contributed by atoms with van der Waals surface area (Å²) in [6.07, 6.45) is -4.93. The van der Waals surface area contributed by atoms with Crippen molar-refractivity contribution in [2.24, 2.45) is 22.7 Å². The second-order valence-corrected chi connectivity index (χ2v) is 20.9. The number of nitrogens with one attached hydrogen (secondary N) is 1. The van der Waals surface area contributed by atoms with Crippen LogP contribution < -0.4 is 5.32 Å². The standard InChI is InChI=1S/C45H77NO15/c1-23(11-14-29(49)45(9)20-17-31(59-45)42(5,6)60-39-33(46-24(2)48)36(52)35(51)27(57-39)22-55-10)25-12-13-28-43(25,7)18-16-32-44(28,8)19-15-30(58-32)41(3,4)61-40-38(54)37(53)34(50)26(21-47)56-40/h25-40,47,49-54H,1,11-22H2,2-10H3,(H,46,48)/t25?,26-,27-,28?,29?,30?,31?,32?,33+,34-,35-,36-,37+,38+,39+,40+,43?,44?,45?/m1/s1. The summed E-state index contributed by atoms with van der Waals surface area (Å²) in [5.41, 5.74) is -1.59. The van der Waals surface area contributed by atoms with Crippen molar-refractivity contribution in [2.45, 2.75) is 222 Å². The lowest BCUT2D eigenvalue weighted by atomic mass is 9.51. The molecule has 4 heterocycles. The molecular formula is C45H77NO15. The van der Waals surface area contributed by atoms with Crippen molar-refractivity contribution in [1.29, 1.82) is 0 Å². The Balaban J connectivity index is 1.03. The van der Waals surface area contributed by atoms with Gasteiger partial charge in [-0.15, -0.1) is 0 Å². The Hall–Kier alpha value is -1.35. The molecule has 9 unspecified atom stereocenters. The summed E-state index contributed by atoms with van der Waals surface area (Å²) in [6.45, 7) is 19.6. The normalized spacial score (nSPS) is 46.1. The van der Waals surface area contributed by atoms with Gasteiger partial charge in [0.05, 0.1) is 54.4 Å². The first-order chi connectivity index (χ1) is 28.4. The summed E-state index contributed by atoms with van der Waals surface area (Å²) in [6, 6.07) is -1.03. The number of amides is 1. The molecule has 2 aliphatic carbocycles. The van der Waals surface area contributed by atoms with E-state index in [0.29, 0.717) is 37.5 Å². The maximum atomic E-state index is 12.0. The molecule has 0 aromatic carbocycles. The Morgan fingerprint density at radius 3 is 2.05 bits per heavy atom. The van der Waals surface area contributed by atoms with Gasteiger partial charge < -0.3 is 74.2 Å². The van der Waals surface area contributed by atoms with Crippen molar-refractivity contribution in [1.82, 2.24) is 5.32 Å².